The molecular formula is C16H20N4O4. The third-order valence-electron chi connectivity index (χ3n) is 3.71. The van der Waals surface area contributed by atoms with Gasteiger partial charge in [-0.25, -0.2) is 0 Å². The van der Waals surface area contributed by atoms with Crippen LogP contribution in [0.3, 0.4) is 0 Å². The molecule has 2 aromatic heterocycles. The number of hydrogen-bond acceptors (Lipinski definition) is 7. The van der Waals surface area contributed by atoms with Gasteiger partial charge in [-0.2, -0.15) is 4.98 Å². The molecule has 0 aliphatic carbocycles. The number of rotatable bonds is 6. The van der Waals surface area contributed by atoms with Crippen molar-refractivity contribution in [3.05, 3.63) is 35.7 Å². The molecule has 8 heteroatoms. The van der Waals surface area contributed by atoms with Crippen LogP contribution in [-0.2, 0) is 16.1 Å². The summed E-state index contributed by atoms with van der Waals surface area (Å²) in [5, 5.41) is 3.66. The number of nitrogens with zero attached hydrogens (tertiary/aromatic N) is 4. The van der Waals surface area contributed by atoms with E-state index in [1.807, 2.05) is 19.1 Å². The maximum absolute atomic E-state index is 12.1. The smallest absolute Gasteiger partial charge is 0.252 e. The van der Waals surface area contributed by atoms with Crippen LogP contribution in [-0.4, -0.2) is 51.7 Å². The minimum atomic E-state index is -0.0700. The summed E-state index contributed by atoms with van der Waals surface area (Å²) in [4.78, 5) is 22.1. The van der Waals surface area contributed by atoms with E-state index in [-0.39, 0.29) is 25.2 Å². The van der Waals surface area contributed by atoms with E-state index in [1.165, 1.54) is 0 Å². The van der Waals surface area contributed by atoms with Crippen LogP contribution in [0.25, 0.3) is 0 Å². The average molecular weight is 332 g/mol. The van der Waals surface area contributed by atoms with Gasteiger partial charge in [0.1, 0.15) is 25.1 Å². The normalized spacial score (nSPS) is 17.2. The summed E-state index contributed by atoms with van der Waals surface area (Å²) in [5.41, 5.74) is 0.944. The minimum Gasteiger partial charge on any atom is -0.487 e. The number of aromatic nitrogens is 3. The van der Waals surface area contributed by atoms with E-state index in [1.54, 1.807) is 18.0 Å². The first kappa shape index (κ1) is 16.4. The number of carbonyl (C=O) groups excluding carboxylic acids is 1. The van der Waals surface area contributed by atoms with Gasteiger partial charge in [-0.3, -0.25) is 9.78 Å². The van der Waals surface area contributed by atoms with Crippen molar-refractivity contribution >= 4 is 5.91 Å². The molecule has 1 aliphatic heterocycles. The summed E-state index contributed by atoms with van der Waals surface area (Å²) in [6.07, 6.45) is 2.48. The highest BCUT2D eigenvalue weighted by atomic mass is 16.5. The van der Waals surface area contributed by atoms with E-state index in [2.05, 4.69) is 15.1 Å². The van der Waals surface area contributed by atoms with Crippen molar-refractivity contribution in [2.45, 2.75) is 33.0 Å². The fourth-order valence-corrected chi connectivity index (χ4v) is 2.48. The highest BCUT2D eigenvalue weighted by molar-refractivity contribution is 5.77. The topological polar surface area (TPSA) is 90.6 Å². The number of aryl methyl sites for hydroxylation is 2. The van der Waals surface area contributed by atoms with Gasteiger partial charge in [0, 0.05) is 18.7 Å². The van der Waals surface area contributed by atoms with E-state index < -0.39 is 0 Å². The molecule has 1 unspecified atom stereocenters. The molecule has 1 aliphatic rings. The summed E-state index contributed by atoms with van der Waals surface area (Å²) in [5.74, 6) is 1.57. The Balaban J connectivity index is 1.41. The minimum absolute atomic E-state index is 0.0137. The Kier molecular flexibility index (Phi) is 5.05. The van der Waals surface area contributed by atoms with Crippen LogP contribution in [0.4, 0.5) is 0 Å². The third-order valence-corrected chi connectivity index (χ3v) is 3.71. The van der Waals surface area contributed by atoms with Gasteiger partial charge in [0.15, 0.2) is 5.82 Å². The Labute approximate surface area is 139 Å². The number of pyridine rings is 1. The van der Waals surface area contributed by atoms with E-state index in [0.717, 1.165) is 17.9 Å². The highest BCUT2D eigenvalue weighted by Crippen LogP contribution is 2.18. The Bertz CT molecular complexity index is 686. The fourth-order valence-electron chi connectivity index (χ4n) is 2.48. The Hall–Kier alpha value is -2.48. The molecule has 1 amide bonds. The molecule has 0 radical (unpaired) electrons. The lowest BCUT2D eigenvalue weighted by atomic mass is 10.3. The number of carbonyl (C=O) groups is 1. The summed E-state index contributed by atoms with van der Waals surface area (Å²) in [6.45, 7) is 4.98. The molecule has 1 atom stereocenters. The van der Waals surface area contributed by atoms with Crippen LogP contribution < -0.4 is 4.74 Å². The summed E-state index contributed by atoms with van der Waals surface area (Å²) in [6, 6.07) is 3.79. The molecule has 8 nitrogen and oxygen atoms in total. The van der Waals surface area contributed by atoms with Gasteiger partial charge in [0.2, 0.25) is 5.91 Å². The molecule has 3 heterocycles. The van der Waals surface area contributed by atoms with Gasteiger partial charge < -0.3 is 18.9 Å². The van der Waals surface area contributed by atoms with E-state index >= 15 is 0 Å². The molecule has 0 spiro atoms. The molecule has 128 valence electrons. The first-order valence-electron chi connectivity index (χ1n) is 7.84. The van der Waals surface area contributed by atoms with Gasteiger partial charge in [0.05, 0.1) is 12.7 Å². The van der Waals surface area contributed by atoms with Gasteiger partial charge in [-0.15, -0.1) is 0 Å². The Morgan fingerprint density at radius 1 is 1.42 bits per heavy atom. The van der Waals surface area contributed by atoms with Crippen molar-refractivity contribution in [1.29, 1.82) is 0 Å². The van der Waals surface area contributed by atoms with Gasteiger partial charge in [-0.05, 0) is 26.0 Å². The number of likely N-dealkylation sites (tertiary alicyclic amines) is 1. The lowest BCUT2D eigenvalue weighted by Gasteiger charge is -2.17. The van der Waals surface area contributed by atoms with Crippen LogP contribution in [0.5, 0.6) is 5.75 Å². The second-order valence-corrected chi connectivity index (χ2v) is 5.73. The van der Waals surface area contributed by atoms with Crippen LogP contribution in [0.15, 0.2) is 22.9 Å². The lowest BCUT2D eigenvalue weighted by Crippen LogP contribution is -2.33. The quantitative estimate of drug-likeness (QED) is 0.787. The van der Waals surface area contributed by atoms with Crippen LogP contribution >= 0.6 is 0 Å². The molecule has 1 saturated heterocycles. The van der Waals surface area contributed by atoms with E-state index in [9.17, 15) is 4.79 Å². The van der Waals surface area contributed by atoms with Gasteiger partial charge in [-0.1, -0.05) is 5.16 Å². The highest BCUT2D eigenvalue weighted by Gasteiger charge is 2.27. The second kappa shape index (κ2) is 7.39. The third kappa shape index (κ3) is 4.29. The van der Waals surface area contributed by atoms with E-state index in [4.69, 9.17) is 14.0 Å². The first-order valence-corrected chi connectivity index (χ1v) is 7.84. The molecule has 2 aromatic rings. The summed E-state index contributed by atoms with van der Waals surface area (Å²) < 4.78 is 16.1. The monoisotopic (exact) mass is 332 g/mol. The van der Waals surface area contributed by atoms with Crippen molar-refractivity contribution in [1.82, 2.24) is 20.0 Å². The molecule has 0 aromatic carbocycles. The van der Waals surface area contributed by atoms with Crippen molar-refractivity contribution in [3.63, 3.8) is 0 Å². The van der Waals surface area contributed by atoms with Crippen LogP contribution in [0.2, 0.25) is 0 Å². The lowest BCUT2D eigenvalue weighted by molar-refractivity contribution is -0.136. The maximum Gasteiger partial charge on any atom is 0.252 e. The van der Waals surface area contributed by atoms with Gasteiger partial charge >= 0.3 is 0 Å². The van der Waals surface area contributed by atoms with Crippen molar-refractivity contribution in [3.8, 4) is 5.75 Å². The number of amides is 1. The zero-order chi connectivity index (χ0) is 16.9. The predicted octanol–water partition coefficient (Wildman–Crippen LogP) is 1.28. The maximum atomic E-state index is 12.1. The standard InChI is InChI=1S/C16H20N4O4/c1-11-3-4-13(7-17-11)23-14-5-6-20(8-14)16(21)10-22-9-15-18-12(2)19-24-15/h3-4,7,14H,5-6,8-10H2,1-2H3. The zero-order valence-corrected chi connectivity index (χ0v) is 13.8. The Morgan fingerprint density at radius 3 is 3.00 bits per heavy atom. The SMILES string of the molecule is Cc1ccc(OC2CCN(C(=O)COCc3nc(C)no3)C2)cn1. The van der Waals surface area contributed by atoms with Gasteiger partial charge in [0.25, 0.3) is 5.89 Å². The molecule has 1 fully saturated rings. The molecular weight excluding hydrogens is 312 g/mol. The molecule has 0 bridgehead atoms. The van der Waals surface area contributed by atoms with Crippen molar-refractivity contribution in [2.24, 2.45) is 0 Å². The molecule has 0 saturated carbocycles. The largest absolute Gasteiger partial charge is 0.487 e. The molecule has 0 N–H and O–H groups in total. The van der Waals surface area contributed by atoms with Crippen molar-refractivity contribution in [2.75, 3.05) is 19.7 Å². The second-order valence-electron chi connectivity index (χ2n) is 5.73. The van der Waals surface area contributed by atoms with E-state index in [0.29, 0.717) is 24.8 Å². The number of ether oxygens (including phenoxy) is 2. The predicted molar refractivity (Wildman–Crippen MR) is 83.3 cm³/mol. The fraction of sp³-hybridized carbons (Fsp3) is 0.500. The molecule has 3 rings (SSSR count). The average Bonchev–Trinajstić information content (AvgIpc) is 3.19. The Morgan fingerprint density at radius 2 is 2.29 bits per heavy atom. The molecule has 24 heavy (non-hydrogen) atoms. The van der Waals surface area contributed by atoms with Crippen LogP contribution in [0.1, 0.15) is 23.8 Å². The van der Waals surface area contributed by atoms with Crippen LogP contribution in [0, 0.1) is 13.8 Å². The first-order chi connectivity index (χ1) is 11.6. The summed E-state index contributed by atoms with van der Waals surface area (Å²) in [7, 11) is 0. The van der Waals surface area contributed by atoms with Crippen molar-refractivity contribution < 1.29 is 18.8 Å². The number of hydrogen-bond donors (Lipinski definition) is 0. The summed E-state index contributed by atoms with van der Waals surface area (Å²) >= 11 is 0. The zero-order valence-electron chi connectivity index (χ0n) is 13.8.